The highest BCUT2D eigenvalue weighted by Gasteiger charge is 2.20. The van der Waals surface area contributed by atoms with Crippen LogP contribution < -0.4 is 20.1 Å². The predicted octanol–water partition coefficient (Wildman–Crippen LogP) is 3.03. The zero-order chi connectivity index (χ0) is 20.5. The highest BCUT2D eigenvalue weighted by Crippen LogP contribution is 2.30. The molecule has 0 amide bonds. The van der Waals surface area contributed by atoms with E-state index in [-0.39, 0.29) is 6.10 Å². The van der Waals surface area contributed by atoms with Gasteiger partial charge in [-0.15, -0.1) is 0 Å². The van der Waals surface area contributed by atoms with Crippen molar-refractivity contribution in [2.45, 2.75) is 33.0 Å². The van der Waals surface area contributed by atoms with Crippen molar-refractivity contribution in [2.24, 2.45) is 4.99 Å². The van der Waals surface area contributed by atoms with E-state index in [2.05, 4.69) is 58.6 Å². The molecule has 1 aliphatic rings. The quantitative estimate of drug-likeness (QED) is 0.531. The first-order chi connectivity index (χ1) is 14.2. The third-order valence-electron chi connectivity index (χ3n) is 5.04. The lowest BCUT2D eigenvalue weighted by Gasteiger charge is -2.27. The number of nitrogens with zero attached hydrogens (tertiary/aromatic N) is 2. The summed E-state index contributed by atoms with van der Waals surface area (Å²) in [4.78, 5) is 6.73. The van der Waals surface area contributed by atoms with Gasteiger partial charge in [-0.3, -0.25) is 9.89 Å². The lowest BCUT2D eigenvalue weighted by atomic mass is 10.1. The van der Waals surface area contributed by atoms with Crippen molar-refractivity contribution in [1.82, 2.24) is 15.5 Å². The summed E-state index contributed by atoms with van der Waals surface area (Å²) in [6.07, 6.45) is -0.0548. The van der Waals surface area contributed by atoms with E-state index in [1.54, 1.807) is 7.05 Å². The second-order valence-corrected chi connectivity index (χ2v) is 7.09. The smallest absolute Gasteiger partial charge is 0.191 e. The number of guanidine groups is 1. The van der Waals surface area contributed by atoms with Gasteiger partial charge in [-0.25, -0.2) is 0 Å². The molecule has 2 aromatic carbocycles. The molecular formula is C23H32N4O2. The van der Waals surface area contributed by atoms with Crippen LogP contribution in [0, 0.1) is 0 Å². The number of nitrogens with one attached hydrogen (secondary N) is 2. The Kier molecular flexibility index (Phi) is 7.76. The maximum Gasteiger partial charge on any atom is 0.191 e. The van der Waals surface area contributed by atoms with Gasteiger partial charge in [0, 0.05) is 20.1 Å². The van der Waals surface area contributed by atoms with E-state index in [0.29, 0.717) is 13.2 Å². The molecule has 0 saturated carbocycles. The molecule has 0 fully saturated rings. The van der Waals surface area contributed by atoms with Crippen LogP contribution in [0.4, 0.5) is 0 Å². The van der Waals surface area contributed by atoms with Crippen LogP contribution in [0.3, 0.4) is 0 Å². The molecular weight excluding hydrogens is 364 g/mol. The second kappa shape index (κ2) is 10.7. The molecule has 6 nitrogen and oxygen atoms in total. The fourth-order valence-corrected chi connectivity index (χ4v) is 3.32. The summed E-state index contributed by atoms with van der Waals surface area (Å²) in [6, 6.07) is 16.5. The summed E-state index contributed by atoms with van der Waals surface area (Å²) < 4.78 is 11.8. The number of hydrogen-bond donors (Lipinski definition) is 2. The normalized spacial score (nSPS) is 16.0. The Morgan fingerprint density at radius 3 is 2.55 bits per heavy atom. The summed E-state index contributed by atoms with van der Waals surface area (Å²) in [5.41, 5.74) is 2.58. The van der Waals surface area contributed by atoms with Crippen LogP contribution in [0.25, 0.3) is 0 Å². The standard InChI is InChI=1S/C23H32N4O2/c1-4-27(5-2)16-19-10-8-9-18(13-19)14-25-23(24-3)26-15-20-17-28-21-11-6-7-12-22(21)29-20/h6-13,20H,4-5,14-17H2,1-3H3,(H2,24,25,26). The van der Waals surface area contributed by atoms with Gasteiger partial charge < -0.3 is 20.1 Å². The molecule has 6 heteroatoms. The van der Waals surface area contributed by atoms with E-state index in [9.17, 15) is 0 Å². The van der Waals surface area contributed by atoms with E-state index in [1.807, 2.05) is 24.3 Å². The average Bonchev–Trinajstić information content (AvgIpc) is 2.77. The molecule has 1 heterocycles. The fourth-order valence-electron chi connectivity index (χ4n) is 3.32. The number of para-hydroxylation sites is 2. The molecule has 0 aromatic heterocycles. The first-order valence-electron chi connectivity index (χ1n) is 10.3. The van der Waals surface area contributed by atoms with Gasteiger partial charge in [-0.1, -0.05) is 50.2 Å². The van der Waals surface area contributed by atoms with Crippen LogP contribution >= 0.6 is 0 Å². The summed E-state index contributed by atoms with van der Waals surface area (Å²) >= 11 is 0. The number of fused-ring (bicyclic) bond motifs is 1. The maximum atomic E-state index is 5.99. The lowest BCUT2D eigenvalue weighted by molar-refractivity contribution is 0.0936. The van der Waals surface area contributed by atoms with Crippen molar-refractivity contribution < 1.29 is 9.47 Å². The van der Waals surface area contributed by atoms with E-state index >= 15 is 0 Å². The molecule has 0 radical (unpaired) electrons. The van der Waals surface area contributed by atoms with Gasteiger partial charge in [0.05, 0.1) is 6.54 Å². The third-order valence-corrected chi connectivity index (χ3v) is 5.04. The minimum absolute atomic E-state index is 0.0548. The Bertz CT molecular complexity index is 805. The Labute approximate surface area is 173 Å². The van der Waals surface area contributed by atoms with Gasteiger partial charge in [-0.05, 0) is 36.3 Å². The number of rotatable bonds is 8. The fraction of sp³-hybridized carbons (Fsp3) is 0.435. The van der Waals surface area contributed by atoms with Crippen LogP contribution in [0.15, 0.2) is 53.5 Å². The molecule has 1 unspecified atom stereocenters. The van der Waals surface area contributed by atoms with Crippen molar-refractivity contribution in [1.29, 1.82) is 0 Å². The third kappa shape index (κ3) is 6.12. The first-order valence-corrected chi connectivity index (χ1v) is 10.3. The Morgan fingerprint density at radius 1 is 1.03 bits per heavy atom. The molecule has 0 spiro atoms. The van der Waals surface area contributed by atoms with Crippen LogP contribution in [0.5, 0.6) is 11.5 Å². The molecule has 0 bridgehead atoms. The minimum atomic E-state index is -0.0548. The molecule has 156 valence electrons. The average molecular weight is 397 g/mol. The molecule has 29 heavy (non-hydrogen) atoms. The van der Waals surface area contributed by atoms with E-state index in [0.717, 1.165) is 43.6 Å². The summed E-state index contributed by atoms with van der Waals surface area (Å²) in [6.45, 7) is 9.36. The molecule has 2 aromatic rings. The van der Waals surface area contributed by atoms with Gasteiger partial charge in [0.15, 0.2) is 17.5 Å². The minimum Gasteiger partial charge on any atom is -0.486 e. The van der Waals surface area contributed by atoms with Crippen LogP contribution in [-0.4, -0.2) is 50.3 Å². The van der Waals surface area contributed by atoms with Gasteiger partial charge in [0.25, 0.3) is 0 Å². The lowest BCUT2D eigenvalue weighted by Crippen LogP contribution is -2.45. The molecule has 0 aliphatic carbocycles. The zero-order valence-corrected chi connectivity index (χ0v) is 17.6. The number of benzene rings is 2. The van der Waals surface area contributed by atoms with Crippen molar-refractivity contribution in [2.75, 3.05) is 33.3 Å². The van der Waals surface area contributed by atoms with Gasteiger partial charge >= 0.3 is 0 Å². The molecule has 3 rings (SSSR count). The maximum absolute atomic E-state index is 5.99. The van der Waals surface area contributed by atoms with Gasteiger partial charge in [-0.2, -0.15) is 0 Å². The predicted molar refractivity (Wildman–Crippen MR) is 118 cm³/mol. The van der Waals surface area contributed by atoms with Crippen molar-refractivity contribution in [3.8, 4) is 11.5 Å². The first kappa shape index (κ1) is 21.0. The molecule has 1 aliphatic heterocycles. The highest BCUT2D eigenvalue weighted by molar-refractivity contribution is 5.79. The molecule has 0 saturated heterocycles. The van der Waals surface area contributed by atoms with Crippen LogP contribution in [0.1, 0.15) is 25.0 Å². The Morgan fingerprint density at radius 2 is 1.79 bits per heavy atom. The summed E-state index contributed by atoms with van der Waals surface area (Å²) in [7, 11) is 1.78. The zero-order valence-electron chi connectivity index (χ0n) is 17.6. The molecule has 1 atom stereocenters. The highest BCUT2D eigenvalue weighted by atomic mass is 16.6. The monoisotopic (exact) mass is 396 g/mol. The van der Waals surface area contributed by atoms with Crippen molar-refractivity contribution >= 4 is 5.96 Å². The topological polar surface area (TPSA) is 58.1 Å². The Hall–Kier alpha value is -2.73. The van der Waals surface area contributed by atoms with E-state index in [4.69, 9.17) is 9.47 Å². The van der Waals surface area contributed by atoms with Crippen molar-refractivity contribution in [3.63, 3.8) is 0 Å². The van der Waals surface area contributed by atoms with Crippen molar-refractivity contribution in [3.05, 3.63) is 59.7 Å². The van der Waals surface area contributed by atoms with Gasteiger partial charge in [0.1, 0.15) is 12.7 Å². The van der Waals surface area contributed by atoms with Crippen LogP contribution in [-0.2, 0) is 13.1 Å². The summed E-state index contributed by atoms with van der Waals surface area (Å²) in [5.74, 6) is 2.34. The number of ether oxygens (including phenoxy) is 2. The van der Waals surface area contributed by atoms with Crippen LogP contribution in [0.2, 0.25) is 0 Å². The number of aliphatic imine (C=N–C) groups is 1. The summed E-state index contributed by atoms with van der Waals surface area (Å²) in [5, 5.41) is 6.71. The SMILES string of the molecule is CCN(CC)Cc1cccc(CNC(=NC)NCC2COc3ccccc3O2)c1. The largest absolute Gasteiger partial charge is 0.486 e. The van der Waals surface area contributed by atoms with E-state index < -0.39 is 0 Å². The number of hydrogen-bond acceptors (Lipinski definition) is 4. The van der Waals surface area contributed by atoms with Gasteiger partial charge in [0.2, 0.25) is 0 Å². The second-order valence-electron chi connectivity index (χ2n) is 7.09. The van der Waals surface area contributed by atoms with E-state index in [1.165, 1.54) is 11.1 Å². The Balaban J connectivity index is 1.47. The molecule has 2 N–H and O–H groups in total.